The van der Waals surface area contributed by atoms with Crippen LogP contribution in [0.4, 0.5) is 4.39 Å². The van der Waals surface area contributed by atoms with E-state index < -0.39 is 0 Å². The summed E-state index contributed by atoms with van der Waals surface area (Å²) in [4.78, 5) is 4.46. The number of halogens is 1. The molecule has 0 N–H and O–H groups in total. The number of aromatic nitrogens is 4. The van der Waals surface area contributed by atoms with Gasteiger partial charge in [-0.05, 0) is 71.5 Å². The van der Waals surface area contributed by atoms with Crippen molar-refractivity contribution in [3.05, 3.63) is 132 Å². The van der Waals surface area contributed by atoms with Crippen molar-refractivity contribution in [3.8, 4) is 34.1 Å². The van der Waals surface area contributed by atoms with E-state index in [2.05, 4.69) is 76.1 Å². The molecule has 0 bridgehead atoms. The molecule has 0 aliphatic rings. The fraction of sp³-hybridized carbons (Fsp3) is 0.256. The van der Waals surface area contributed by atoms with Crippen molar-refractivity contribution in [1.29, 1.82) is 0 Å². The third-order valence-corrected chi connectivity index (χ3v) is 9.43. The van der Waals surface area contributed by atoms with E-state index in [9.17, 15) is 4.39 Å². The summed E-state index contributed by atoms with van der Waals surface area (Å²) < 4.78 is 24.4. The summed E-state index contributed by atoms with van der Waals surface area (Å²) in [6.07, 6.45) is 10.1. The van der Waals surface area contributed by atoms with Crippen LogP contribution in [0.15, 0.2) is 97.5 Å². The van der Waals surface area contributed by atoms with E-state index in [0.717, 1.165) is 58.7 Å². The second-order valence-electron chi connectivity index (χ2n) is 13.1. The topological polar surface area (TPSA) is 44.9 Å². The Hall–Kier alpha value is -4.54. The van der Waals surface area contributed by atoms with E-state index in [1.807, 2.05) is 64.0 Å². The maximum Gasteiger partial charge on any atom is 2.00 e. The largest absolute Gasteiger partial charge is 2.00 e. The summed E-state index contributed by atoms with van der Waals surface area (Å²) in [7, 11) is 0. The van der Waals surface area contributed by atoms with Crippen LogP contribution in [-0.2, 0) is 21.1 Å². The first-order valence-corrected chi connectivity index (χ1v) is 17.3. The van der Waals surface area contributed by atoms with Crippen molar-refractivity contribution >= 4 is 21.8 Å². The molecule has 3 heterocycles. The van der Waals surface area contributed by atoms with E-state index in [4.69, 9.17) is 9.84 Å². The van der Waals surface area contributed by atoms with Crippen LogP contribution in [0.5, 0.6) is 11.5 Å². The normalized spacial score (nSPS) is 12.6. The van der Waals surface area contributed by atoms with Crippen LogP contribution < -0.4 is 4.74 Å². The quantitative estimate of drug-likeness (QED) is 0.122. The Balaban J connectivity index is 0.00000432. The SMILES string of the molecule is CCCC(C)c1cc(C)cc(C(C)CCC)c1-c1cnn(-c2[c-]c(Oc3[c-]c4c(cc3)c3ccccc3n4-c3cc(F)ccn3)ccc2)c1.[Pt+2]. The van der Waals surface area contributed by atoms with E-state index in [-0.39, 0.29) is 26.9 Å². The van der Waals surface area contributed by atoms with E-state index in [0.29, 0.717) is 29.2 Å². The number of hydrogen-bond acceptors (Lipinski definition) is 3. The first-order valence-electron chi connectivity index (χ1n) is 17.3. The number of benzene rings is 4. The zero-order chi connectivity index (χ0) is 34.1. The number of nitrogens with zero attached hydrogens (tertiary/aromatic N) is 4. The molecule has 0 fully saturated rings. The van der Waals surface area contributed by atoms with E-state index >= 15 is 0 Å². The molecule has 2 unspecified atom stereocenters. The molecule has 0 aliphatic carbocycles. The van der Waals surface area contributed by atoms with Crippen LogP contribution in [0.2, 0.25) is 0 Å². The van der Waals surface area contributed by atoms with E-state index in [1.54, 1.807) is 0 Å². The molecule has 0 aliphatic heterocycles. The second kappa shape index (κ2) is 15.1. The molecule has 7 rings (SSSR count). The van der Waals surface area contributed by atoms with Gasteiger partial charge in [0.05, 0.1) is 6.20 Å². The molecule has 0 spiro atoms. The second-order valence-corrected chi connectivity index (χ2v) is 13.1. The summed E-state index contributed by atoms with van der Waals surface area (Å²) in [6.45, 7) is 11.4. The third kappa shape index (κ3) is 6.91. The van der Waals surface area contributed by atoms with Crippen molar-refractivity contribution in [3.63, 3.8) is 0 Å². The molecular formula is C43H41FN4OPt. The molecule has 0 amide bonds. The molecule has 0 saturated heterocycles. The molecule has 7 heteroatoms. The Bertz CT molecular complexity index is 2240. The van der Waals surface area contributed by atoms with Gasteiger partial charge in [-0.1, -0.05) is 81.9 Å². The monoisotopic (exact) mass is 843 g/mol. The van der Waals surface area contributed by atoms with Gasteiger partial charge in [-0.15, -0.1) is 35.7 Å². The predicted molar refractivity (Wildman–Crippen MR) is 197 cm³/mol. The molecule has 0 radical (unpaired) electrons. The number of pyridine rings is 1. The van der Waals surface area contributed by atoms with Crippen LogP contribution in [0, 0.1) is 24.9 Å². The zero-order valence-electron chi connectivity index (χ0n) is 29.1. The fourth-order valence-electron chi connectivity index (χ4n) is 7.15. The standard InChI is InChI=1S/C43H41FN4O.Pt/c1-6-11-29(4)38-21-28(3)22-39(30(5)12-7-2)43(38)31-26-46-47(27-31)33-13-10-14-34(24-33)49-35-17-18-37-36-15-8-9-16-40(36)48(41(37)25-35)42-23-32(44)19-20-45-42;/h8-10,13-23,26-27,29-30H,6-7,11-12H2,1-5H3;/q-2;+2. The summed E-state index contributed by atoms with van der Waals surface area (Å²) in [6, 6.07) is 32.1. The van der Waals surface area contributed by atoms with Gasteiger partial charge < -0.3 is 9.30 Å². The number of hydrogen-bond donors (Lipinski definition) is 0. The molecule has 50 heavy (non-hydrogen) atoms. The molecular weight excluding hydrogens is 803 g/mol. The van der Waals surface area contributed by atoms with Gasteiger partial charge in [0.2, 0.25) is 0 Å². The first-order chi connectivity index (χ1) is 23.8. The Morgan fingerprint density at radius 3 is 2.26 bits per heavy atom. The Morgan fingerprint density at radius 1 is 0.820 bits per heavy atom. The first kappa shape index (κ1) is 35.3. The van der Waals surface area contributed by atoms with Gasteiger partial charge in [0.25, 0.3) is 0 Å². The van der Waals surface area contributed by atoms with Gasteiger partial charge in [0, 0.05) is 41.0 Å². The van der Waals surface area contributed by atoms with Gasteiger partial charge in [-0.25, -0.2) is 9.37 Å². The molecule has 4 aromatic carbocycles. The molecule has 3 aromatic heterocycles. The van der Waals surface area contributed by atoms with Crippen molar-refractivity contribution in [2.75, 3.05) is 0 Å². The molecule has 0 saturated carbocycles. The van der Waals surface area contributed by atoms with Crippen molar-refractivity contribution < 1.29 is 30.2 Å². The minimum absolute atomic E-state index is 0. The molecule has 7 aromatic rings. The smallest absolute Gasteiger partial charge is 0.509 e. The van der Waals surface area contributed by atoms with Crippen LogP contribution in [-0.4, -0.2) is 19.3 Å². The van der Waals surface area contributed by atoms with Crippen LogP contribution in [0.1, 0.15) is 81.9 Å². The Morgan fingerprint density at radius 2 is 1.54 bits per heavy atom. The number of para-hydroxylation sites is 1. The molecule has 256 valence electrons. The van der Waals surface area contributed by atoms with E-state index in [1.165, 1.54) is 40.6 Å². The minimum Gasteiger partial charge on any atom is -0.509 e. The predicted octanol–water partition coefficient (Wildman–Crippen LogP) is 11.7. The maximum absolute atomic E-state index is 14.3. The van der Waals surface area contributed by atoms with Crippen molar-refractivity contribution in [1.82, 2.24) is 19.3 Å². The summed E-state index contributed by atoms with van der Waals surface area (Å²) in [5, 5.41) is 6.83. The number of fused-ring (bicyclic) bond motifs is 3. The summed E-state index contributed by atoms with van der Waals surface area (Å²) in [5.74, 6) is 2.09. The number of aryl methyl sites for hydroxylation is 1. The average Bonchev–Trinajstić information content (AvgIpc) is 3.71. The van der Waals surface area contributed by atoms with Crippen LogP contribution in [0.25, 0.3) is 44.4 Å². The van der Waals surface area contributed by atoms with Crippen molar-refractivity contribution in [2.24, 2.45) is 0 Å². The summed E-state index contributed by atoms with van der Waals surface area (Å²) >= 11 is 0. The fourth-order valence-corrected chi connectivity index (χ4v) is 7.15. The average molecular weight is 844 g/mol. The van der Waals surface area contributed by atoms with Crippen LogP contribution >= 0.6 is 0 Å². The number of rotatable bonds is 11. The van der Waals surface area contributed by atoms with Gasteiger partial charge in [0.1, 0.15) is 11.6 Å². The van der Waals surface area contributed by atoms with Crippen molar-refractivity contribution in [2.45, 2.75) is 72.1 Å². The Labute approximate surface area is 308 Å². The molecule has 2 atom stereocenters. The van der Waals surface area contributed by atoms with Gasteiger partial charge in [-0.3, -0.25) is 4.68 Å². The Kier molecular flexibility index (Phi) is 10.7. The maximum atomic E-state index is 14.3. The zero-order valence-corrected chi connectivity index (χ0v) is 31.4. The number of ether oxygens (including phenoxy) is 1. The van der Waals surface area contributed by atoms with Crippen LogP contribution in [0.3, 0.4) is 0 Å². The third-order valence-electron chi connectivity index (χ3n) is 9.43. The molecule has 5 nitrogen and oxygen atoms in total. The minimum atomic E-state index is -0.350. The van der Waals surface area contributed by atoms with Gasteiger partial charge in [0.15, 0.2) is 0 Å². The summed E-state index contributed by atoms with van der Waals surface area (Å²) in [5.41, 5.74) is 9.00. The van der Waals surface area contributed by atoms with Gasteiger partial charge >= 0.3 is 21.1 Å². The van der Waals surface area contributed by atoms with Gasteiger partial charge in [-0.2, -0.15) is 17.2 Å².